The molecule has 1 amide bonds. The number of benzene rings is 1. The van der Waals surface area contributed by atoms with Crippen LogP contribution in [0.3, 0.4) is 0 Å². The lowest BCUT2D eigenvalue weighted by molar-refractivity contribution is -0.914. The predicted octanol–water partition coefficient (Wildman–Crippen LogP) is 0.00400. The highest BCUT2D eigenvalue weighted by atomic mass is 16.6. The number of amides is 1. The lowest BCUT2D eigenvalue weighted by Crippen LogP contribution is -3.19. The van der Waals surface area contributed by atoms with Gasteiger partial charge in [0.05, 0.1) is 6.20 Å². The molecule has 7 heteroatoms. The van der Waals surface area contributed by atoms with E-state index in [0.29, 0.717) is 19.0 Å². The zero-order chi connectivity index (χ0) is 18.6. The Morgan fingerprint density at radius 2 is 1.93 bits per heavy atom. The minimum Gasteiger partial charge on any atom is -0.486 e. The molecule has 0 bridgehead atoms. The molecule has 0 unspecified atom stereocenters. The van der Waals surface area contributed by atoms with Crippen LogP contribution in [-0.2, 0) is 4.79 Å². The fourth-order valence-corrected chi connectivity index (χ4v) is 3.61. The highest BCUT2D eigenvalue weighted by Gasteiger charge is 2.32. The Morgan fingerprint density at radius 3 is 2.67 bits per heavy atom. The average Bonchev–Trinajstić information content (AvgIpc) is 2.74. The van der Waals surface area contributed by atoms with Crippen molar-refractivity contribution in [2.24, 2.45) is 0 Å². The first kappa shape index (κ1) is 17.6. The molecular weight excluding hydrogens is 344 g/mol. The fourth-order valence-electron chi connectivity index (χ4n) is 3.61. The number of nitrogens with zero attached hydrogens (tertiary/aromatic N) is 1. The Morgan fingerprint density at radius 1 is 1.15 bits per heavy atom. The number of ether oxygens (including phenoxy) is 2. The molecule has 27 heavy (non-hydrogen) atoms. The SMILES string of the molecule is C[C@@H](C(=O)Nc1ccc2c(c1)OCCO2)[NH+]1CCN(c2cccc[nH+]2)CC1. The van der Waals surface area contributed by atoms with Crippen molar-refractivity contribution in [1.82, 2.24) is 0 Å². The number of fused-ring (bicyclic) bond motifs is 1. The molecule has 0 radical (unpaired) electrons. The topological polar surface area (TPSA) is 69.4 Å². The standard InChI is InChI=1S/C20H24N4O3/c1-15(23-8-10-24(11-9-23)19-4-2-3-7-21-19)20(25)22-16-5-6-17-18(14-16)27-13-12-26-17/h2-7,14-15H,8-13H2,1H3,(H,22,25)/p+2/t15-/m0/s1. The monoisotopic (exact) mass is 370 g/mol. The molecule has 4 rings (SSSR count). The molecule has 7 nitrogen and oxygen atoms in total. The maximum Gasteiger partial charge on any atom is 0.282 e. The minimum absolute atomic E-state index is 0.0291. The number of aromatic nitrogens is 1. The van der Waals surface area contributed by atoms with Crippen molar-refractivity contribution in [3.8, 4) is 11.5 Å². The van der Waals surface area contributed by atoms with E-state index in [2.05, 4.69) is 21.3 Å². The van der Waals surface area contributed by atoms with Crippen LogP contribution in [-0.4, -0.2) is 51.3 Å². The molecule has 2 aliphatic rings. The zero-order valence-electron chi connectivity index (χ0n) is 15.5. The first-order valence-electron chi connectivity index (χ1n) is 9.47. The van der Waals surface area contributed by atoms with Crippen molar-refractivity contribution in [3.63, 3.8) is 0 Å². The van der Waals surface area contributed by atoms with Gasteiger partial charge in [0.2, 0.25) is 0 Å². The quantitative estimate of drug-likeness (QED) is 0.795. The second kappa shape index (κ2) is 7.84. The molecular formula is C20H26N4O3+2. The number of piperazine rings is 1. The van der Waals surface area contributed by atoms with Crippen molar-refractivity contribution in [2.45, 2.75) is 13.0 Å². The number of carbonyl (C=O) groups excluding carboxylic acids is 1. The third kappa shape index (κ3) is 3.98. The second-order valence-corrected chi connectivity index (χ2v) is 6.96. The summed E-state index contributed by atoms with van der Waals surface area (Å²) in [6.07, 6.45) is 1.94. The van der Waals surface area contributed by atoms with Crippen molar-refractivity contribution in [3.05, 3.63) is 42.6 Å². The van der Waals surface area contributed by atoms with Gasteiger partial charge in [0.1, 0.15) is 39.4 Å². The summed E-state index contributed by atoms with van der Waals surface area (Å²) in [5.74, 6) is 2.57. The van der Waals surface area contributed by atoms with Gasteiger partial charge in [-0.05, 0) is 25.1 Å². The molecule has 1 fully saturated rings. The van der Waals surface area contributed by atoms with Crippen LogP contribution in [0.1, 0.15) is 6.92 Å². The molecule has 0 spiro atoms. The summed E-state index contributed by atoms with van der Waals surface area (Å²) >= 11 is 0. The fraction of sp³-hybridized carbons (Fsp3) is 0.400. The van der Waals surface area contributed by atoms with E-state index in [0.717, 1.165) is 43.4 Å². The van der Waals surface area contributed by atoms with Gasteiger partial charge >= 0.3 is 0 Å². The average molecular weight is 370 g/mol. The van der Waals surface area contributed by atoms with E-state index in [1.165, 1.54) is 4.90 Å². The number of rotatable bonds is 4. The summed E-state index contributed by atoms with van der Waals surface area (Å²) in [5.41, 5.74) is 0.744. The maximum absolute atomic E-state index is 12.7. The number of hydrogen-bond donors (Lipinski definition) is 2. The van der Waals surface area contributed by atoms with Gasteiger partial charge in [-0.2, -0.15) is 0 Å². The third-order valence-electron chi connectivity index (χ3n) is 5.25. The van der Waals surface area contributed by atoms with Gasteiger partial charge in [-0.15, -0.1) is 0 Å². The lowest BCUT2D eigenvalue weighted by atomic mass is 10.2. The molecule has 3 heterocycles. The van der Waals surface area contributed by atoms with Crippen molar-refractivity contribution >= 4 is 17.4 Å². The van der Waals surface area contributed by atoms with Crippen LogP contribution in [0.15, 0.2) is 42.6 Å². The summed E-state index contributed by atoms with van der Waals surface area (Å²) in [7, 11) is 0. The molecule has 1 aromatic carbocycles. The van der Waals surface area contributed by atoms with Gasteiger partial charge in [-0.25, -0.2) is 4.98 Å². The Balaban J connectivity index is 1.33. The molecule has 1 aromatic heterocycles. The van der Waals surface area contributed by atoms with E-state index < -0.39 is 0 Å². The van der Waals surface area contributed by atoms with Gasteiger partial charge in [0.15, 0.2) is 17.5 Å². The van der Waals surface area contributed by atoms with Crippen molar-refractivity contribution in [2.75, 3.05) is 49.6 Å². The summed E-state index contributed by atoms with van der Waals surface area (Å²) in [6.45, 7) is 6.80. The minimum atomic E-state index is -0.111. The number of pyridine rings is 1. The molecule has 3 N–H and O–H groups in total. The molecule has 2 aliphatic heterocycles. The number of anilines is 2. The van der Waals surface area contributed by atoms with Crippen molar-refractivity contribution < 1.29 is 24.2 Å². The largest absolute Gasteiger partial charge is 0.486 e. The van der Waals surface area contributed by atoms with Gasteiger partial charge in [-0.1, -0.05) is 6.07 Å². The van der Waals surface area contributed by atoms with E-state index in [-0.39, 0.29) is 11.9 Å². The van der Waals surface area contributed by atoms with Crippen LogP contribution in [0, 0.1) is 0 Å². The van der Waals surface area contributed by atoms with Crippen LogP contribution in [0.4, 0.5) is 11.5 Å². The molecule has 1 saturated heterocycles. The first-order valence-corrected chi connectivity index (χ1v) is 9.47. The van der Waals surface area contributed by atoms with Gasteiger partial charge < -0.3 is 19.7 Å². The van der Waals surface area contributed by atoms with Gasteiger partial charge in [-0.3, -0.25) is 9.69 Å². The van der Waals surface area contributed by atoms with Crippen LogP contribution < -0.4 is 29.6 Å². The zero-order valence-corrected chi connectivity index (χ0v) is 15.5. The molecule has 0 saturated carbocycles. The van der Waals surface area contributed by atoms with Crippen LogP contribution in [0.25, 0.3) is 0 Å². The van der Waals surface area contributed by atoms with Crippen molar-refractivity contribution in [1.29, 1.82) is 0 Å². The second-order valence-electron chi connectivity index (χ2n) is 6.96. The van der Waals surface area contributed by atoms with Crippen LogP contribution in [0.5, 0.6) is 11.5 Å². The van der Waals surface area contributed by atoms with Crippen LogP contribution >= 0.6 is 0 Å². The molecule has 1 atom stereocenters. The highest BCUT2D eigenvalue weighted by molar-refractivity contribution is 5.94. The number of nitrogens with one attached hydrogen (secondary N) is 3. The Kier molecular flexibility index (Phi) is 5.11. The first-order chi connectivity index (χ1) is 13.2. The van der Waals surface area contributed by atoms with E-state index >= 15 is 0 Å². The number of quaternary nitrogens is 1. The number of H-pyrrole nitrogens is 1. The van der Waals surface area contributed by atoms with E-state index in [1.807, 2.05) is 43.5 Å². The highest BCUT2D eigenvalue weighted by Crippen LogP contribution is 2.32. The maximum atomic E-state index is 12.7. The number of aromatic amines is 1. The Labute approximate surface area is 158 Å². The number of carbonyl (C=O) groups is 1. The summed E-state index contributed by atoms with van der Waals surface area (Å²) < 4.78 is 11.1. The van der Waals surface area contributed by atoms with E-state index in [9.17, 15) is 4.79 Å². The summed E-state index contributed by atoms with van der Waals surface area (Å²) in [5, 5.41) is 3.02. The van der Waals surface area contributed by atoms with Crippen LogP contribution in [0.2, 0.25) is 0 Å². The Bertz CT molecular complexity index is 791. The normalized spacial score (nSPS) is 18.0. The molecule has 2 aromatic rings. The smallest absolute Gasteiger partial charge is 0.282 e. The molecule has 142 valence electrons. The van der Waals surface area contributed by atoms with E-state index in [4.69, 9.17) is 9.47 Å². The summed E-state index contributed by atoms with van der Waals surface area (Å²) in [4.78, 5) is 19.6. The van der Waals surface area contributed by atoms with E-state index in [1.54, 1.807) is 0 Å². The van der Waals surface area contributed by atoms with Gasteiger partial charge in [0.25, 0.3) is 11.7 Å². The summed E-state index contributed by atoms with van der Waals surface area (Å²) in [6, 6.07) is 11.5. The predicted molar refractivity (Wildman–Crippen MR) is 101 cm³/mol. The third-order valence-corrected chi connectivity index (χ3v) is 5.25. The Hall–Kier alpha value is -2.80. The molecule has 0 aliphatic carbocycles. The number of hydrogen-bond acceptors (Lipinski definition) is 4. The lowest BCUT2D eigenvalue weighted by Gasteiger charge is -2.31. The van der Waals surface area contributed by atoms with Gasteiger partial charge in [0, 0.05) is 17.8 Å².